The third-order valence-electron chi connectivity index (χ3n) is 3.17. The number of anilines is 1. The molecule has 3 N–H and O–H groups in total. The molecule has 0 atom stereocenters. The number of likely N-dealkylation sites (N-methyl/N-ethyl adjacent to an activating group) is 1. The molecule has 22 heteroatoms. The van der Waals surface area contributed by atoms with Gasteiger partial charge in [-0.1, -0.05) is 25.4 Å². The van der Waals surface area contributed by atoms with Crippen LogP contribution in [-0.4, -0.2) is 44.1 Å². The van der Waals surface area contributed by atoms with Gasteiger partial charge in [0.1, 0.15) is 5.75 Å². The Balaban J connectivity index is -0.0000000696. The van der Waals surface area contributed by atoms with Gasteiger partial charge in [0.2, 0.25) is 0 Å². The topological polar surface area (TPSA) is 278 Å². The minimum Gasteiger partial charge on any atom is -0.496 e. The summed E-state index contributed by atoms with van der Waals surface area (Å²) >= 11 is 5.95. The van der Waals surface area contributed by atoms with Crippen molar-refractivity contribution in [3.05, 3.63) is 63.2 Å². The maximum atomic E-state index is 12.1. The number of nitrogens with two attached hydrogens (primary N) is 1. The normalized spacial score (nSPS) is 7.25. The van der Waals surface area contributed by atoms with Crippen molar-refractivity contribution in [2.75, 3.05) is 39.0 Å². The second kappa shape index (κ2) is 45.1. The van der Waals surface area contributed by atoms with Crippen LogP contribution in [0.1, 0.15) is 24.2 Å². The number of benzene rings is 1. The zero-order valence-corrected chi connectivity index (χ0v) is 30.0. The van der Waals surface area contributed by atoms with Gasteiger partial charge in [-0.25, -0.2) is 0 Å². The second-order valence-electron chi connectivity index (χ2n) is 4.65. The smallest absolute Gasteiger partial charge is 0.496 e. The van der Waals surface area contributed by atoms with Crippen LogP contribution in [-0.2, 0) is 0 Å². The first kappa shape index (κ1) is 56.4. The van der Waals surface area contributed by atoms with Crippen molar-refractivity contribution in [1.82, 2.24) is 10.2 Å². The van der Waals surface area contributed by atoms with E-state index in [-0.39, 0.29) is 124 Å². The zero-order chi connectivity index (χ0) is 25.9. The van der Waals surface area contributed by atoms with Crippen LogP contribution >= 0.6 is 11.6 Å². The second-order valence-corrected chi connectivity index (χ2v) is 5.06. The van der Waals surface area contributed by atoms with Crippen molar-refractivity contribution in [2.24, 2.45) is 21.4 Å². The van der Waals surface area contributed by atoms with E-state index in [0.717, 1.165) is 41.0 Å². The summed E-state index contributed by atoms with van der Waals surface area (Å²) in [5.74, 6) is 0.211. The molecule has 17 nitrogen and oxygen atoms in total. The summed E-state index contributed by atoms with van der Waals surface area (Å²) in [5.41, 5.74) is 6.48. The molecule has 1 rings (SSSR count). The predicted molar refractivity (Wildman–Crippen MR) is 119 cm³/mol. The van der Waals surface area contributed by atoms with E-state index in [1.165, 1.54) is 13.2 Å². The molecule has 0 bridgehead atoms. The molecule has 0 saturated carbocycles. The number of nitrogen functional groups attached to an aromatic ring is 1. The molecule has 0 radical (unpaired) electrons. The first-order valence-corrected chi connectivity index (χ1v) is 8.50. The van der Waals surface area contributed by atoms with Gasteiger partial charge >= 0.3 is 118 Å². The van der Waals surface area contributed by atoms with Crippen LogP contribution in [0.25, 0.3) is 0 Å². The Hall–Kier alpha value is 0.140. The van der Waals surface area contributed by atoms with Crippen molar-refractivity contribution in [1.29, 1.82) is 0 Å². The first-order valence-electron chi connectivity index (χ1n) is 8.13. The van der Waals surface area contributed by atoms with Crippen molar-refractivity contribution < 1.29 is 128 Å². The average molecular weight is 576 g/mol. The number of nitrogens with one attached hydrogen (secondary N) is 1. The zero-order valence-electron chi connectivity index (χ0n) is 21.3. The number of hydrogen-bond acceptors (Lipinski definition) is 16. The van der Waals surface area contributed by atoms with Crippen LogP contribution in [0, 0.1) is 40.5 Å². The molecule has 1 aromatic carbocycles. The minimum atomic E-state index is -0.212. The molecular weight excluding hydrogens is 554 g/mol. The molecule has 0 unspecified atom stereocenters. The Morgan fingerprint density at radius 2 is 1.31 bits per heavy atom. The average Bonchev–Trinajstić information content (AvgIpc) is 2.75. The van der Waals surface area contributed by atoms with Crippen molar-refractivity contribution in [3.63, 3.8) is 0 Å². The molecule has 1 aromatic rings. The van der Waals surface area contributed by atoms with E-state index in [9.17, 15) is 4.79 Å². The van der Waals surface area contributed by atoms with Gasteiger partial charge in [0.25, 0.3) is 5.91 Å². The number of ether oxygens (including phenoxy) is 1. The van der Waals surface area contributed by atoms with Crippen molar-refractivity contribution in [3.8, 4) is 5.75 Å². The van der Waals surface area contributed by atoms with Crippen LogP contribution in [0.15, 0.2) is 33.5 Å². The fourth-order valence-electron chi connectivity index (χ4n) is 1.88. The molecule has 0 heterocycles. The molecule has 0 aliphatic heterocycles. The van der Waals surface area contributed by atoms with Crippen LogP contribution < -0.4 is 134 Å². The van der Waals surface area contributed by atoms with Crippen LogP contribution in [0.2, 0.25) is 5.02 Å². The summed E-state index contributed by atoms with van der Waals surface area (Å²) in [6, 6.07) is 3.09. The number of hydrogen-bond donors (Lipinski definition) is 2. The number of amides is 1. The SMILES string of the molecule is CCN(CC)CCNC(=O)c1cc(Cl)c(N)cc1OC.O=N[O-].O=N[O-].O=N[O-].O=N[O-].[Na+].[Na+].[Na+].[Na+]. The molecule has 0 fully saturated rings. The molecule has 0 spiro atoms. The third-order valence-corrected chi connectivity index (χ3v) is 3.50. The maximum absolute atomic E-state index is 12.1. The van der Waals surface area contributed by atoms with E-state index in [1.807, 2.05) is 0 Å². The molecule has 0 aromatic heterocycles. The number of rotatable bonds is 7. The maximum Gasteiger partial charge on any atom is 1.00 e. The largest absolute Gasteiger partial charge is 1.00 e. The number of methoxy groups -OCH3 is 1. The Morgan fingerprint density at radius 1 is 0.944 bits per heavy atom. The Labute approximate surface area is 300 Å². The molecule has 36 heavy (non-hydrogen) atoms. The summed E-state index contributed by atoms with van der Waals surface area (Å²) < 4.78 is 5.16. The molecule has 184 valence electrons. The molecule has 1 amide bonds. The van der Waals surface area contributed by atoms with Gasteiger partial charge in [0.15, 0.2) is 0 Å². The summed E-state index contributed by atoms with van der Waals surface area (Å²) in [7, 11) is 1.50. The molecular formula is C14H22ClN7Na4O10. The summed E-state index contributed by atoms with van der Waals surface area (Å²) in [6.07, 6.45) is 0. The van der Waals surface area contributed by atoms with E-state index in [1.54, 1.807) is 6.07 Å². The van der Waals surface area contributed by atoms with Crippen LogP contribution in [0.4, 0.5) is 5.69 Å². The standard InChI is InChI=1S/C14H22ClN3O2.4HNO2.4Na/c1-4-18(5-2)7-6-17-14(19)10-8-11(15)12(16)9-13(10)20-3;4*2-1-3;;;;/h8-9H,4-7,16H2,1-3H3,(H,17,19);4*(H,2,3);;;;/q;;;;;4*+1/p-4. The Kier molecular flexibility index (Phi) is 70.6. The Bertz CT molecular complexity index is 645. The van der Waals surface area contributed by atoms with Crippen molar-refractivity contribution >= 4 is 23.2 Å². The predicted octanol–water partition coefficient (Wildman–Crippen LogP) is -8.98. The Morgan fingerprint density at radius 3 is 1.61 bits per heavy atom. The van der Waals surface area contributed by atoms with Gasteiger partial charge in [-0.3, -0.25) is 4.79 Å². The molecule has 0 saturated heterocycles. The van der Waals surface area contributed by atoms with Gasteiger partial charge in [0, 0.05) is 19.2 Å². The monoisotopic (exact) mass is 575 g/mol. The van der Waals surface area contributed by atoms with Crippen LogP contribution in [0.5, 0.6) is 5.75 Å². The summed E-state index contributed by atoms with van der Waals surface area (Å²) in [4.78, 5) is 46.4. The van der Waals surface area contributed by atoms with Gasteiger partial charge in [0.05, 0.1) is 23.4 Å². The van der Waals surface area contributed by atoms with E-state index >= 15 is 0 Å². The van der Waals surface area contributed by atoms with Gasteiger partial charge < -0.3 is 61.1 Å². The van der Waals surface area contributed by atoms with E-state index in [4.69, 9.17) is 62.5 Å². The molecule has 0 aliphatic rings. The minimum absolute atomic E-state index is 0. The van der Waals surface area contributed by atoms with E-state index < -0.39 is 0 Å². The van der Waals surface area contributed by atoms with Crippen LogP contribution in [0.3, 0.4) is 0 Å². The third kappa shape index (κ3) is 36.3. The van der Waals surface area contributed by atoms with Gasteiger partial charge in [-0.15, -0.1) is 21.4 Å². The van der Waals surface area contributed by atoms with E-state index in [2.05, 4.69) is 24.1 Å². The fraction of sp³-hybridized carbons (Fsp3) is 0.500. The number of nitrogens with zero attached hydrogens (tertiary/aromatic N) is 5. The number of carbonyl (C=O) groups excluding carboxylic acids is 1. The first-order chi connectivity index (χ1) is 15.2. The summed E-state index contributed by atoms with van der Waals surface area (Å²) in [6.45, 7) is 7.49. The quantitative estimate of drug-likeness (QED) is 0.133. The van der Waals surface area contributed by atoms with Gasteiger partial charge in [-0.05, 0) is 19.2 Å². The van der Waals surface area contributed by atoms with Crippen molar-refractivity contribution in [2.45, 2.75) is 13.8 Å². The van der Waals surface area contributed by atoms with E-state index in [0.29, 0.717) is 28.6 Å². The fourth-order valence-corrected chi connectivity index (χ4v) is 2.04. The number of halogens is 1. The number of carbonyl (C=O) groups is 1. The molecule has 0 aliphatic carbocycles. The van der Waals surface area contributed by atoms with Gasteiger partial charge in [-0.2, -0.15) is 0 Å². The summed E-state index contributed by atoms with van der Waals surface area (Å²) in [5, 5.41) is 39.2.